The minimum Gasteiger partial charge on any atom is -0.405 e. The van der Waals surface area contributed by atoms with Gasteiger partial charge < -0.3 is 15.0 Å². The van der Waals surface area contributed by atoms with Crippen molar-refractivity contribution in [3.63, 3.8) is 0 Å². The molecule has 1 heterocycles. The molecule has 1 aromatic carbocycles. The fraction of sp³-hybridized carbons (Fsp3) is 0.500. The molecule has 1 N–H and O–H groups in total. The number of amides is 4. The number of benzene rings is 1. The third-order valence-electron chi connectivity index (χ3n) is 4.78. The van der Waals surface area contributed by atoms with Gasteiger partial charge in [0.25, 0.3) is 5.91 Å². The highest BCUT2D eigenvalue weighted by atomic mass is 19.4. The minimum atomic E-state index is -4.86. The van der Waals surface area contributed by atoms with Crippen LogP contribution in [0.4, 0.5) is 18.0 Å². The van der Waals surface area contributed by atoms with E-state index in [1.807, 2.05) is 0 Å². The summed E-state index contributed by atoms with van der Waals surface area (Å²) in [6.45, 7) is 2.85. The van der Waals surface area contributed by atoms with Crippen molar-refractivity contribution in [2.45, 2.75) is 45.1 Å². The smallest absolute Gasteiger partial charge is 0.405 e. The van der Waals surface area contributed by atoms with E-state index in [0.717, 1.165) is 15.9 Å². The van der Waals surface area contributed by atoms with E-state index in [9.17, 15) is 27.6 Å². The number of hydrogen-bond acceptors (Lipinski definition) is 4. The topological polar surface area (TPSA) is 79.0 Å². The number of nitrogens with one attached hydrogen (secondary N) is 1. The monoisotopic (exact) mass is 401 g/mol. The lowest BCUT2D eigenvalue weighted by atomic mass is 9.93. The van der Waals surface area contributed by atoms with Gasteiger partial charge in [-0.3, -0.25) is 14.5 Å². The average Bonchev–Trinajstić information content (AvgIpc) is 2.86. The summed E-state index contributed by atoms with van der Waals surface area (Å²) in [5.41, 5.74) is -0.882. The summed E-state index contributed by atoms with van der Waals surface area (Å²) in [6.07, 6.45) is -4.09. The highest BCUT2D eigenvalue weighted by Crippen LogP contribution is 2.27. The van der Waals surface area contributed by atoms with Crippen LogP contribution in [-0.2, 0) is 16.1 Å². The Bertz CT molecular complexity index is 763. The molecule has 10 heteroatoms. The SMILES string of the molecule is CCC1(CC)NC(=O)N(CC(=O)N(C)Cc2ccccc2OC(F)(F)F)C1=O. The number of likely N-dealkylation sites (N-methyl/N-ethyl adjacent to an activating group) is 1. The Hall–Kier alpha value is -2.78. The van der Waals surface area contributed by atoms with Gasteiger partial charge in [-0.1, -0.05) is 32.0 Å². The molecule has 0 aliphatic carbocycles. The molecule has 0 bridgehead atoms. The second-order valence-electron chi connectivity index (χ2n) is 6.52. The highest BCUT2D eigenvalue weighted by Gasteiger charge is 2.49. The van der Waals surface area contributed by atoms with Gasteiger partial charge in [0.1, 0.15) is 17.8 Å². The molecule has 7 nitrogen and oxygen atoms in total. The van der Waals surface area contributed by atoms with E-state index in [4.69, 9.17) is 0 Å². The standard InChI is InChI=1S/C18H22F3N3O4/c1-4-17(5-2)15(26)24(16(27)22-17)11-14(25)23(3)10-12-8-6-7-9-13(12)28-18(19,20)21/h6-9H,4-5,10-11H2,1-3H3,(H,22,27). The number of alkyl halides is 3. The third kappa shape index (κ3) is 4.55. The molecule has 0 saturated carbocycles. The maximum Gasteiger partial charge on any atom is 0.573 e. The van der Waals surface area contributed by atoms with Crippen molar-refractivity contribution in [1.29, 1.82) is 0 Å². The van der Waals surface area contributed by atoms with Crippen LogP contribution in [0.1, 0.15) is 32.3 Å². The number of nitrogens with zero attached hydrogens (tertiary/aromatic N) is 2. The van der Waals surface area contributed by atoms with E-state index >= 15 is 0 Å². The molecule has 1 saturated heterocycles. The summed E-state index contributed by atoms with van der Waals surface area (Å²) in [7, 11) is 1.37. The van der Waals surface area contributed by atoms with Gasteiger partial charge in [0.15, 0.2) is 0 Å². The van der Waals surface area contributed by atoms with Crippen molar-refractivity contribution >= 4 is 17.8 Å². The molecule has 4 amide bonds. The molecule has 1 fully saturated rings. The Morgan fingerprint density at radius 2 is 1.82 bits per heavy atom. The predicted molar refractivity (Wildman–Crippen MR) is 93.2 cm³/mol. The molecule has 0 radical (unpaired) electrons. The van der Waals surface area contributed by atoms with Gasteiger partial charge in [-0.05, 0) is 18.9 Å². The fourth-order valence-corrected chi connectivity index (χ4v) is 3.01. The fourth-order valence-electron chi connectivity index (χ4n) is 3.01. The zero-order chi connectivity index (χ0) is 21.1. The van der Waals surface area contributed by atoms with E-state index < -0.39 is 42.0 Å². The maximum atomic E-state index is 12.6. The van der Waals surface area contributed by atoms with Crippen LogP contribution in [-0.4, -0.2) is 53.1 Å². The number of carbonyl (C=O) groups is 3. The Morgan fingerprint density at radius 1 is 1.21 bits per heavy atom. The Labute approximate surface area is 160 Å². The summed E-state index contributed by atoms with van der Waals surface area (Å²) >= 11 is 0. The molecule has 1 aromatic rings. The van der Waals surface area contributed by atoms with Gasteiger partial charge >= 0.3 is 12.4 Å². The number of para-hydroxylation sites is 1. The van der Waals surface area contributed by atoms with Gasteiger partial charge in [0, 0.05) is 19.2 Å². The summed E-state index contributed by atoms with van der Waals surface area (Å²) in [5, 5.41) is 2.62. The second-order valence-corrected chi connectivity index (χ2v) is 6.52. The first kappa shape index (κ1) is 21.5. The highest BCUT2D eigenvalue weighted by molar-refractivity contribution is 6.08. The quantitative estimate of drug-likeness (QED) is 0.713. The molecule has 0 atom stereocenters. The number of urea groups is 1. The predicted octanol–water partition coefficient (Wildman–Crippen LogP) is 2.65. The van der Waals surface area contributed by atoms with E-state index in [1.165, 1.54) is 25.2 Å². The van der Waals surface area contributed by atoms with Crippen LogP contribution >= 0.6 is 0 Å². The lowest BCUT2D eigenvalue weighted by Gasteiger charge is -2.24. The summed E-state index contributed by atoms with van der Waals surface area (Å²) < 4.78 is 41.5. The largest absolute Gasteiger partial charge is 0.573 e. The molecule has 154 valence electrons. The molecule has 28 heavy (non-hydrogen) atoms. The molecule has 1 aliphatic rings. The molecule has 1 aliphatic heterocycles. The third-order valence-corrected chi connectivity index (χ3v) is 4.78. The first-order valence-electron chi connectivity index (χ1n) is 8.74. The van der Waals surface area contributed by atoms with Gasteiger partial charge in [0.2, 0.25) is 5.91 Å². The van der Waals surface area contributed by atoms with Crippen LogP contribution in [0, 0.1) is 0 Å². The van der Waals surface area contributed by atoms with Crippen molar-refractivity contribution in [2.24, 2.45) is 0 Å². The number of carbonyl (C=O) groups excluding carboxylic acids is 3. The molecule has 0 aromatic heterocycles. The van der Waals surface area contributed by atoms with Crippen LogP contribution in [0.3, 0.4) is 0 Å². The van der Waals surface area contributed by atoms with E-state index in [2.05, 4.69) is 10.1 Å². The molecule has 2 rings (SSSR count). The van der Waals surface area contributed by atoms with Gasteiger partial charge in [0.05, 0.1) is 0 Å². The van der Waals surface area contributed by atoms with Crippen LogP contribution in [0.15, 0.2) is 24.3 Å². The summed E-state index contributed by atoms with van der Waals surface area (Å²) in [6, 6.07) is 4.80. The summed E-state index contributed by atoms with van der Waals surface area (Å²) in [5.74, 6) is -1.49. The van der Waals surface area contributed by atoms with E-state index in [0.29, 0.717) is 12.8 Å². The van der Waals surface area contributed by atoms with Crippen molar-refractivity contribution in [1.82, 2.24) is 15.1 Å². The number of halogens is 3. The lowest BCUT2D eigenvalue weighted by molar-refractivity contribution is -0.275. The van der Waals surface area contributed by atoms with Crippen molar-refractivity contribution in [2.75, 3.05) is 13.6 Å². The van der Waals surface area contributed by atoms with E-state index in [1.54, 1.807) is 13.8 Å². The number of ether oxygens (including phenoxy) is 1. The van der Waals surface area contributed by atoms with Crippen molar-refractivity contribution in [3.8, 4) is 5.75 Å². The molecule has 0 unspecified atom stereocenters. The van der Waals surface area contributed by atoms with E-state index in [-0.39, 0.29) is 12.1 Å². The van der Waals surface area contributed by atoms with Gasteiger partial charge in [-0.2, -0.15) is 0 Å². The van der Waals surface area contributed by atoms with Crippen LogP contribution in [0.5, 0.6) is 5.75 Å². The van der Waals surface area contributed by atoms with Gasteiger partial charge in [-0.15, -0.1) is 13.2 Å². The Kier molecular flexibility index (Phi) is 6.20. The van der Waals surface area contributed by atoms with Crippen molar-refractivity contribution < 1.29 is 32.3 Å². The van der Waals surface area contributed by atoms with Crippen molar-refractivity contribution in [3.05, 3.63) is 29.8 Å². The normalized spacial score (nSPS) is 16.1. The molecule has 0 spiro atoms. The van der Waals surface area contributed by atoms with Gasteiger partial charge in [-0.25, -0.2) is 4.79 Å². The first-order chi connectivity index (χ1) is 13.0. The Balaban J connectivity index is 2.09. The zero-order valence-corrected chi connectivity index (χ0v) is 15.8. The summed E-state index contributed by atoms with van der Waals surface area (Å²) in [4.78, 5) is 39.1. The van der Waals surface area contributed by atoms with Crippen LogP contribution in [0.25, 0.3) is 0 Å². The van der Waals surface area contributed by atoms with Crippen LogP contribution in [0.2, 0.25) is 0 Å². The second kappa shape index (κ2) is 8.07. The lowest BCUT2D eigenvalue weighted by Crippen LogP contribution is -2.46. The number of rotatable bonds is 7. The number of imide groups is 1. The molecular weight excluding hydrogens is 379 g/mol. The average molecular weight is 401 g/mol. The number of hydrogen-bond donors (Lipinski definition) is 1. The first-order valence-corrected chi connectivity index (χ1v) is 8.74. The Morgan fingerprint density at radius 3 is 2.36 bits per heavy atom. The molecular formula is C18H22F3N3O4. The van der Waals surface area contributed by atoms with Crippen LogP contribution < -0.4 is 10.1 Å². The maximum absolute atomic E-state index is 12.6. The minimum absolute atomic E-state index is 0.143. The zero-order valence-electron chi connectivity index (χ0n) is 15.8.